The second-order valence-corrected chi connectivity index (χ2v) is 8.95. The second-order valence-electron chi connectivity index (χ2n) is 6.93. The predicted octanol–water partition coefficient (Wildman–Crippen LogP) is 2.68. The number of aryl methyl sites for hydroxylation is 1. The van der Waals surface area contributed by atoms with Gasteiger partial charge >= 0.3 is 0 Å². The minimum Gasteiger partial charge on any atom is -0.496 e. The van der Waals surface area contributed by atoms with Crippen molar-refractivity contribution in [2.45, 2.75) is 19.9 Å². The van der Waals surface area contributed by atoms with Gasteiger partial charge < -0.3 is 15.4 Å². The third-order valence-electron chi connectivity index (χ3n) is 4.95. The lowest BCUT2D eigenvalue weighted by molar-refractivity contribution is 0.408. The summed E-state index contributed by atoms with van der Waals surface area (Å²) in [5.41, 5.74) is 4.00. The van der Waals surface area contributed by atoms with Crippen LogP contribution in [0.4, 0.5) is 5.69 Å². The first-order valence-corrected chi connectivity index (χ1v) is 11.2. The lowest BCUT2D eigenvalue weighted by Gasteiger charge is -2.20. The molecule has 0 saturated heterocycles. The highest BCUT2D eigenvalue weighted by molar-refractivity contribution is 14.0. The predicted molar refractivity (Wildman–Crippen MR) is 133 cm³/mol. The lowest BCUT2D eigenvalue weighted by Crippen LogP contribution is -2.41. The van der Waals surface area contributed by atoms with Crippen molar-refractivity contribution in [3.05, 3.63) is 59.2 Å². The van der Waals surface area contributed by atoms with Crippen LogP contribution in [0, 0.1) is 6.92 Å². The number of para-hydroxylation sites is 1. The summed E-state index contributed by atoms with van der Waals surface area (Å²) >= 11 is 0. The van der Waals surface area contributed by atoms with Crippen molar-refractivity contribution in [1.29, 1.82) is 0 Å². The summed E-state index contributed by atoms with van der Waals surface area (Å²) in [6.07, 6.45) is 0.754. The van der Waals surface area contributed by atoms with Gasteiger partial charge in [0.15, 0.2) is 5.96 Å². The number of rotatable bonds is 7. The first kappa shape index (κ1) is 24.3. The highest BCUT2D eigenvalue weighted by Crippen LogP contribution is 2.29. The highest BCUT2D eigenvalue weighted by Gasteiger charge is 2.28. The molecule has 7 nitrogen and oxygen atoms in total. The molecule has 1 aliphatic heterocycles. The van der Waals surface area contributed by atoms with Gasteiger partial charge in [-0.2, -0.15) is 0 Å². The number of halogens is 1. The van der Waals surface area contributed by atoms with Crippen LogP contribution in [-0.4, -0.2) is 47.4 Å². The maximum absolute atomic E-state index is 12.8. The van der Waals surface area contributed by atoms with E-state index in [0.717, 1.165) is 34.5 Å². The minimum atomic E-state index is -3.39. The average molecular weight is 544 g/mol. The van der Waals surface area contributed by atoms with Gasteiger partial charge in [-0.1, -0.05) is 30.3 Å². The van der Waals surface area contributed by atoms with Crippen molar-refractivity contribution in [2.75, 3.05) is 37.3 Å². The van der Waals surface area contributed by atoms with Crippen LogP contribution in [0.15, 0.2) is 47.5 Å². The van der Waals surface area contributed by atoms with Gasteiger partial charge in [-0.05, 0) is 36.6 Å². The summed E-state index contributed by atoms with van der Waals surface area (Å²) in [6, 6.07) is 13.7. The molecule has 2 N–H and O–H groups in total. The molecule has 9 heteroatoms. The largest absolute Gasteiger partial charge is 0.496 e. The van der Waals surface area contributed by atoms with Crippen LogP contribution in [0.25, 0.3) is 0 Å². The molecule has 0 aliphatic carbocycles. The zero-order chi connectivity index (χ0) is 20.9. The van der Waals surface area contributed by atoms with E-state index in [1.54, 1.807) is 14.2 Å². The number of ether oxygens (including phenoxy) is 1. The number of nitrogens with zero attached hydrogens (tertiary/aromatic N) is 2. The molecular formula is C21H29IN4O3S. The van der Waals surface area contributed by atoms with Gasteiger partial charge in [-0.15, -0.1) is 24.0 Å². The summed E-state index contributed by atoms with van der Waals surface area (Å²) in [6.45, 7) is 3.31. The Balaban J connectivity index is 0.00000320. The maximum atomic E-state index is 12.8. The summed E-state index contributed by atoms with van der Waals surface area (Å²) < 4.78 is 32.5. The Morgan fingerprint density at radius 3 is 2.70 bits per heavy atom. The third-order valence-corrected chi connectivity index (χ3v) is 6.72. The number of benzene rings is 2. The van der Waals surface area contributed by atoms with Crippen LogP contribution >= 0.6 is 24.0 Å². The summed E-state index contributed by atoms with van der Waals surface area (Å²) in [7, 11) is -0.0866. The Bertz CT molecular complexity index is 995. The summed E-state index contributed by atoms with van der Waals surface area (Å²) in [4.78, 5) is 4.17. The Labute approximate surface area is 196 Å². The van der Waals surface area contributed by atoms with Crippen molar-refractivity contribution in [3.63, 3.8) is 0 Å². The summed E-state index contributed by atoms with van der Waals surface area (Å²) in [5, 5.41) is 6.29. The molecule has 164 valence electrons. The van der Waals surface area contributed by atoms with Crippen LogP contribution in [-0.2, 0) is 23.0 Å². The first-order valence-electron chi connectivity index (χ1n) is 9.61. The smallest absolute Gasteiger partial charge is 0.236 e. The molecule has 0 radical (unpaired) electrons. The molecule has 0 fully saturated rings. The molecular weight excluding hydrogens is 515 g/mol. The lowest BCUT2D eigenvalue weighted by atomic mass is 10.1. The standard InChI is InChI=1S/C21H28N4O3S.HI/c1-16-8-9-18(20(14-16)28-3)15-24-21(22-2)23-11-13-29(26,27)25-12-10-17-6-4-5-7-19(17)25;/h4-9,14H,10-13,15H2,1-3H3,(H2,22,23,24);1H. The average Bonchev–Trinajstić information content (AvgIpc) is 3.16. The molecule has 0 aromatic heterocycles. The van der Waals surface area contributed by atoms with E-state index >= 15 is 0 Å². The number of fused-ring (bicyclic) bond motifs is 1. The van der Waals surface area contributed by atoms with E-state index in [9.17, 15) is 8.42 Å². The van der Waals surface area contributed by atoms with Crippen molar-refractivity contribution in [1.82, 2.24) is 10.6 Å². The van der Waals surface area contributed by atoms with E-state index in [1.165, 1.54) is 4.31 Å². The normalized spacial score (nSPS) is 13.4. The van der Waals surface area contributed by atoms with Crippen molar-refractivity contribution in [2.24, 2.45) is 4.99 Å². The number of methoxy groups -OCH3 is 1. The number of anilines is 1. The third kappa shape index (κ3) is 5.78. The van der Waals surface area contributed by atoms with Crippen molar-refractivity contribution in [3.8, 4) is 5.75 Å². The molecule has 1 heterocycles. The number of hydrogen-bond donors (Lipinski definition) is 2. The SMILES string of the molecule is CN=C(NCCS(=O)(=O)N1CCc2ccccc21)NCc1ccc(C)cc1OC.I. The van der Waals surface area contributed by atoms with E-state index in [1.807, 2.05) is 49.4 Å². The zero-order valence-corrected chi connectivity index (χ0v) is 20.7. The fourth-order valence-corrected chi connectivity index (χ4v) is 4.83. The fourth-order valence-electron chi connectivity index (χ4n) is 3.40. The summed E-state index contributed by atoms with van der Waals surface area (Å²) in [5.74, 6) is 1.35. The maximum Gasteiger partial charge on any atom is 0.236 e. The van der Waals surface area contributed by atoms with E-state index in [-0.39, 0.29) is 36.3 Å². The van der Waals surface area contributed by atoms with Gasteiger partial charge in [0, 0.05) is 32.2 Å². The highest BCUT2D eigenvalue weighted by atomic mass is 127. The molecule has 0 unspecified atom stereocenters. The molecule has 0 atom stereocenters. The van der Waals surface area contributed by atoms with E-state index in [4.69, 9.17) is 4.74 Å². The fraction of sp³-hybridized carbons (Fsp3) is 0.381. The number of aliphatic imine (C=N–C) groups is 1. The molecule has 1 aliphatic rings. The Hall–Kier alpha value is -2.01. The van der Waals surface area contributed by atoms with Gasteiger partial charge in [-0.25, -0.2) is 8.42 Å². The van der Waals surface area contributed by atoms with E-state index in [2.05, 4.69) is 15.6 Å². The zero-order valence-electron chi connectivity index (χ0n) is 17.5. The number of nitrogens with one attached hydrogen (secondary N) is 2. The molecule has 2 aromatic carbocycles. The Morgan fingerprint density at radius 2 is 1.97 bits per heavy atom. The Kier molecular flexibility index (Phi) is 8.78. The van der Waals surface area contributed by atoms with E-state index in [0.29, 0.717) is 19.0 Å². The topological polar surface area (TPSA) is 83.0 Å². The molecule has 30 heavy (non-hydrogen) atoms. The van der Waals surface area contributed by atoms with Gasteiger partial charge in [0.05, 0.1) is 18.6 Å². The van der Waals surface area contributed by atoms with Crippen LogP contribution in [0.1, 0.15) is 16.7 Å². The number of sulfonamides is 1. The van der Waals surface area contributed by atoms with Gasteiger partial charge in [-0.3, -0.25) is 9.30 Å². The van der Waals surface area contributed by atoms with Crippen LogP contribution in [0.2, 0.25) is 0 Å². The molecule has 0 amide bonds. The van der Waals surface area contributed by atoms with Gasteiger partial charge in [0.2, 0.25) is 10.0 Å². The molecule has 2 aromatic rings. The monoisotopic (exact) mass is 544 g/mol. The minimum absolute atomic E-state index is 0. The van der Waals surface area contributed by atoms with Crippen LogP contribution < -0.4 is 19.7 Å². The molecule has 0 bridgehead atoms. The Morgan fingerprint density at radius 1 is 1.20 bits per heavy atom. The van der Waals surface area contributed by atoms with Crippen molar-refractivity contribution < 1.29 is 13.2 Å². The number of hydrogen-bond acceptors (Lipinski definition) is 4. The molecule has 0 spiro atoms. The van der Waals surface area contributed by atoms with Gasteiger partial charge in [0.25, 0.3) is 0 Å². The second kappa shape index (κ2) is 10.9. The van der Waals surface area contributed by atoms with Gasteiger partial charge in [0.1, 0.15) is 5.75 Å². The quantitative estimate of drug-likeness (QED) is 0.318. The van der Waals surface area contributed by atoms with Crippen molar-refractivity contribution >= 4 is 45.6 Å². The first-order chi connectivity index (χ1) is 13.9. The van der Waals surface area contributed by atoms with Crippen LogP contribution in [0.5, 0.6) is 5.75 Å². The van der Waals surface area contributed by atoms with Crippen LogP contribution in [0.3, 0.4) is 0 Å². The van der Waals surface area contributed by atoms with E-state index < -0.39 is 10.0 Å². The number of guanidine groups is 1. The molecule has 3 rings (SSSR count). The molecule has 0 saturated carbocycles.